The van der Waals surface area contributed by atoms with Gasteiger partial charge in [-0.25, -0.2) is 0 Å². The Morgan fingerprint density at radius 1 is 1.05 bits per heavy atom. The van der Waals surface area contributed by atoms with E-state index < -0.39 is 23.2 Å². The lowest BCUT2D eigenvalue weighted by molar-refractivity contribution is -0.136. The Morgan fingerprint density at radius 3 is 2.25 bits per heavy atom. The molecule has 0 saturated heterocycles. The number of nitrogens with one attached hydrogen (secondary N) is 1. The summed E-state index contributed by atoms with van der Waals surface area (Å²) in [6.45, 7) is 0. The van der Waals surface area contributed by atoms with Crippen LogP contribution >= 0.6 is 0 Å². The Morgan fingerprint density at radius 2 is 1.65 bits per heavy atom. The molecule has 0 unspecified atom stereocenters. The van der Waals surface area contributed by atoms with Crippen molar-refractivity contribution in [2.24, 2.45) is 0 Å². The molecule has 2 rings (SSSR count). The van der Waals surface area contributed by atoms with Crippen LogP contribution in [0.4, 0.5) is 11.4 Å². The molecule has 2 aromatic carbocycles. The first-order chi connectivity index (χ1) is 9.47. The van der Waals surface area contributed by atoms with Crippen LogP contribution < -0.4 is 5.32 Å². The van der Waals surface area contributed by atoms with Crippen molar-refractivity contribution in [3.05, 3.63) is 42.0 Å². The first-order valence-electron chi connectivity index (χ1n) is 5.79. The zero-order valence-corrected chi connectivity index (χ0v) is 10.4. The number of rotatable bonds is 4. The number of anilines is 2. The highest BCUT2D eigenvalue weighted by atomic mass is 16.4. The lowest BCUT2D eigenvalue weighted by Crippen LogP contribution is -2.03. The molecule has 0 heterocycles. The molecule has 0 aliphatic carbocycles. The van der Waals surface area contributed by atoms with Gasteiger partial charge in [0.15, 0.2) is 17.2 Å². The second-order valence-corrected chi connectivity index (χ2v) is 4.22. The molecule has 0 radical (unpaired) electrons. The van der Waals surface area contributed by atoms with Crippen molar-refractivity contribution in [1.29, 1.82) is 0 Å². The summed E-state index contributed by atoms with van der Waals surface area (Å²) in [5, 5.41) is 39.9. The minimum atomic E-state index is -0.962. The van der Waals surface area contributed by atoms with Crippen LogP contribution in [0.25, 0.3) is 0 Å². The molecule has 0 amide bonds. The first kappa shape index (κ1) is 13.5. The van der Waals surface area contributed by atoms with Crippen LogP contribution in [0.5, 0.6) is 17.2 Å². The minimum absolute atomic E-state index is 0.154. The zero-order valence-electron chi connectivity index (χ0n) is 10.4. The van der Waals surface area contributed by atoms with E-state index in [4.69, 9.17) is 5.11 Å². The largest absolute Gasteiger partial charge is 0.504 e. The molecule has 5 N–H and O–H groups in total. The summed E-state index contributed by atoms with van der Waals surface area (Å²) >= 11 is 0. The number of hydrogen-bond donors (Lipinski definition) is 5. The van der Waals surface area contributed by atoms with Gasteiger partial charge in [0.1, 0.15) is 0 Å². The molecule has 104 valence electrons. The van der Waals surface area contributed by atoms with Crippen LogP contribution in [0.1, 0.15) is 5.56 Å². The number of para-hydroxylation sites is 1. The number of benzene rings is 2. The molecule has 0 bridgehead atoms. The topological polar surface area (TPSA) is 110 Å². The molecular weight excluding hydrogens is 262 g/mol. The van der Waals surface area contributed by atoms with Gasteiger partial charge in [-0.1, -0.05) is 18.2 Å². The molecule has 2 aromatic rings. The fourth-order valence-electron chi connectivity index (χ4n) is 1.79. The van der Waals surface area contributed by atoms with Crippen molar-refractivity contribution in [2.75, 3.05) is 5.32 Å². The number of hydrogen-bond acceptors (Lipinski definition) is 5. The van der Waals surface area contributed by atoms with E-state index in [1.165, 1.54) is 12.1 Å². The van der Waals surface area contributed by atoms with Gasteiger partial charge in [-0.3, -0.25) is 4.79 Å². The van der Waals surface area contributed by atoms with Gasteiger partial charge in [0.2, 0.25) is 0 Å². The van der Waals surface area contributed by atoms with Crippen molar-refractivity contribution in [3.63, 3.8) is 0 Å². The van der Waals surface area contributed by atoms with E-state index in [2.05, 4.69) is 5.32 Å². The summed E-state index contributed by atoms with van der Waals surface area (Å²) in [5.41, 5.74) is 1.43. The molecule has 6 nitrogen and oxygen atoms in total. The molecule has 20 heavy (non-hydrogen) atoms. The summed E-state index contributed by atoms with van der Waals surface area (Å²) in [6, 6.07) is 9.25. The third-order valence-corrected chi connectivity index (χ3v) is 2.71. The summed E-state index contributed by atoms with van der Waals surface area (Å²) in [5.74, 6) is -2.50. The average Bonchev–Trinajstić information content (AvgIpc) is 2.37. The van der Waals surface area contributed by atoms with Crippen molar-refractivity contribution in [3.8, 4) is 17.2 Å². The summed E-state index contributed by atoms with van der Waals surface area (Å²) in [6.07, 6.45) is -0.154. The Labute approximate surface area is 114 Å². The van der Waals surface area contributed by atoms with E-state index >= 15 is 0 Å². The van der Waals surface area contributed by atoms with Crippen LogP contribution in [0.15, 0.2) is 36.4 Å². The highest BCUT2D eigenvalue weighted by Crippen LogP contribution is 2.38. The van der Waals surface area contributed by atoms with Crippen molar-refractivity contribution >= 4 is 17.3 Å². The maximum Gasteiger partial charge on any atom is 0.307 e. The zero-order chi connectivity index (χ0) is 14.7. The fourth-order valence-corrected chi connectivity index (χ4v) is 1.79. The molecule has 0 aliphatic rings. The lowest BCUT2D eigenvalue weighted by Gasteiger charge is -2.12. The van der Waals surface area contributed by atoms with E-state index in [0.29, 0.717) is 16.9 Å². The number of carbonyl (C=O) groups is 1. The van der Waals surface area contributed by atoms with Gasteiger partial charge in [-0.05, 0) is 11.6 Å². The lowest BCUT2D eigenvalue weighted by atomic mass is 10.1. The number of carboxylic acids is 1. The number of aliphatic carboxylic acids is 1. The maximum atomic E-state index is 10.8. The molecule has 0 atom stereocenters. The smallest absolute Gasteiger partial charge is 0.307 e. The number of aromatic hydroxyl groups is 3. The minimum Gasteiger partial charge on any atom is -0.504 e. The number of carboxylic acid groups (broad SMARTS) is 1. The SMILES string of the molecule is O=C(O)Cc1ccccc1Nc1cc(O)c(O)c(O)c1. The second kappa shape index (κ2) is 5.40. The second-order valence-electron chi connectivity index (χ2n) is 4.22. The predicted molar refractivity (Wildman–Crippen MR) is 72.5 cm³/mol. The van der Waals surface area contributed by atoms with Crippen LogP contribution in [-0.2, 0) is 11.2 Å². The Kier molecular flexibility index (Phi) is 3.65. The van der Waals surface area contributed by atoms with Crippen molar-refractivity contribution < 1.29 is 25.2 Å². The monoisotopic (exact) mass is 275 g/mol. The fraction of sp³-hybridized carbons (Fsp3) is 0.0714. The van der Waals surface area contributed by atoms with E-state index in [-0.39, 0.29) is 6.42 Å². The number of phenolic OH excluding ortho intramolecular Hbond substituents is 3. The standard InChI is InChI=1S/C14H13NO5/c16-11-6-9(7-12(17)14(11)20)15-10-4-2-1-3-8(10)5-13(18)19/h1-4,6-7,15-17,20H,5H2,(H,18,19). The Balaban J connectivity index is 2.33. The van der Waals surface area contributed by atoms with Crippen molar-refractivity contribution in [1.82, 2.24) is 0 Å². The molecule has 0 fully saturated rings. The van der Waals surface area contributed by atoms with Gasteiger partial charge >= 0.3 is 5.97 Å². The van der Waals surface area contributed by atoms with Crippen LogP contribution in [0.2, 0.25) is 0 Å². The Bertz CT molecular complexity index is 631. The predicted octanol–water partition coefficient (Wildman–Crippen LogP) is 2.17. The summed E-state index contributed by atoms with van der Waals surface area (Å²) in [7, 11) is 0. The van der Waals surface area contributed by atoms with Crippen LogP contribution in [-0.4, -0.2) is 26.4 Å². The van der Waals surface area contributed by atoms with Crippen LogP contribution in [0.3, 0.4) is 0 Å². The van der Waals surface area contributed by atoms with Gasteiger partial charge in [0.25, 0.3) is 0 Å². The van der Waals surface area contributed by atoms with E-state index in [1.807, 2.05) is 0 Å². The molecule has 0 spiro atoms. The van der Waals surface area contributed by atoms with Gasteiger partial charge < -0.3 is 25.7 Å². The van der Waals surface area contributed by atoms with Crippen molar-refractivity contribution in [2.45, 2.75) is 6.42 Å². The summed E-state index contributed by atoms with van der Waals surface area (Å²) < 4.78 is 0. The highest BCUT2D eigenvalue weighted by Gasteiger charge is 2.10. The van der Waals surface area contributed by atoms with Gasteiger partial charge in [-0.2, -0.15) is 0 Å². The molecule has 6 heteroatoms. The summed E-state index contributed by atoms with van der Waals surface area (Å²) in [4.78, 5) is 10.8. The van der Waals surface area contributed by atoms with E-state index in [9.17, 15) is 20.1 Å². The van der Waals surface area contributed by atoms with E-state index in [1.54, 1.807) is 24.3 Å². The molecule has 0 saturated carbocycles. The molecule has 0 aromatic heterocycles. The molecular formula is C14H13NO5. The van der Waals surface area contributed by atoms with Gasteiger partial charge in [-0.15, -0.1) is 0 Å². The average molecular weight is 275 g/mol. The van der Waals surface area contributed by atoms with Crippen LogP contribution in [0, 0.1) is 0 Å². The van der Waals surface area contributed by atoms with Gasteiger partial charge in [0, 0.05) is 23.5 Å². The van der Waals surface area contributed by atoms with Gasteiger partial charge in [0.05, 0.1) is 6.42 Å². The highest BCUT2D eigenvalue weighted by molar-refractivity contribution is 5.75. The normalized spacial score (nSPS) is 10.2. The quantitative estimate of drug-likeness (QED) is 0.432. The first-order valence-corrected chi connectivity index (χ1v) is 5.79. The number of phenols is 3. The maximum absolute atomic E-state index is 10.8. The van der Waals surface area contributed by atoms with E-state index in [0.717, 1.165) is 0 Å². The Hall–Kier alpha value is -2.89. The third-order valence-electron chi connectivity index (χ3n) is 2.71. The molecule has 0 aliphatic heterocycles. The third kappa shape index (κ3) is 2.92.